The van der Waals surface area contributed by atoms with Crippen molar-refractivity contribution in [2.45, 2.75) is 38.3 Å². The van der Waals surface area contributed by atoms with Crippen LogP contribution in [0, 0.1) is 0 Å². The predicted molar refractivity (Wildman–Crippen MR) is 78.7 cm³/mol. The van der Waals surface area contributed by atoms with Gasteiger partial charge in [-0.3, -0.25) is 4.90 Å². The van der Waals surface area contributed by atoms with E-state index in [1.165, 1.54) is 24.3 Å². The van der Waals surface area contributed by atoms with Crippen LogP contribution < -0.4 is 5.73 Å². The Hall–Kier alpha value is 0.230. The smallest absolute Gasteiger partial charge is 0.0350 e. The van der Waals surface area contributed by atoms with Gasteiger partial charge < -0.3 is 10.6 Å². The van der Waals surface area contributed by atoms with E-state index in [0.29, 0.717) is 6.04 Å². The van der Waals surface area contributed by atoms with Crippen LogP contribution in [0.3, 0.4) is 0 Å². The molecule has 0 aliphatic carbocycles. The second kappa shape index (κ2) is 6.98. The monoisotopic (exact) mass is 259 g/mol. The van der Waals surface area contributed by atoms with Gasteiger partial charge in [0.2, 0.25) is 0 Å². The quantitative estimate of drug-likeness (QED) is 0.783. The minimum atomic E-state index is 0.259. The molecule has 4 heteroatoms. The minimum absolute atomic E-state index is 0.259. The van der Waals surface area contributed by atoms with E-state index in [-0.39, 0.29) is 5.54 Å². The summed E-state index contributed by atoms with van der Waals surface area (Å²) in [6.07, 6.45) is 2.50. The maximum atomic E-state index is 6.12. The fourth-order valence-electron chi connectivity index (χ4n) is 3.10. The molecular weight excluding hydrogens is 230 g/mol. The highest BCUT2D eigenvalue weighted by molar-refractivity contribution is 7.99. The van der Waals surface area contributed by atoms with Gasteiger partial charge in [-0.15, -0.1) is 0 Å². The zero-order valence-electron chi connectivity index (χ0n) is 11.9. The molecule has 1 aliphatic rings. The summed E-state index contributed by atoms with van der Waals surface area (Å²) in [7, 11) is 4.30. The van der Waals surface area contributed by atoms with Gasteiger partial charge in [-0.25, -0.2) is 0 Å². The van der Waals surface area contributed by atoms with Crippen molar-refractivity contribution >= 4 is 11.8 Å². The van der Waals surface area contributed by atoms with E-state index in [4.69, 9.17) is 5.73 Å². The first-order chi connectivity index (χ1) is 8.05. The maximum Gasteiger partial charge on any atom is 0.0350 e. The molecule has 0 aromatic heterocycles. The van der Waals surface area contributed by atoms with Crippen molar-refractivity contribution in [3.05, 3.63) is 0 Å². The van der Waals surface area contributed by atoms with Crippen molar-refractivity contribution in [1.29, 1.82) is 0 Å². The highest BCUT2D eigenvalue weighted by Gasteiger charge is 2.38. The standard InChI is InChI=1S/C13H29N3S/c1-5-16(12(2)10-15(3)4)13(11-14)6-8-17-9-7-13/h12H,5-11,14H2,1-4H3. The van der Waals surface area contributed by atoms with Gasteiger partial charge in [-0.05, 0) is 51.9 Å². The lowest BCUT2D eigenvalue weighted by Gasteiger charge is -2.48. The van der Waals surface area contributed by atoms with E-state index in [0.717, 1.165) is 19.6 Å². The molecular formula is C13H29N3S. The zero-order valence-corrected chi connectivity index (χ0v) is 12.7. The van der Waals surface area contributed by atoms with Crippen LogP contribution in [-0.2, 0) is 0 Å². The van der Waals surface area contributed by atoms with Crippen molar-refractivity contribution in [2.24, 2.45) is 5.73 Å². The molecule has 0 saturated carbocycles. The van der Waals surface area contributed by atoms with Crippen molar-refractivity contribution < 1.29 is 0 Å². The van der Waals surface area contributed by atoms with Gasteiger partial charge in [0.05, 0.1) is 0 Å². The molecule has 0 bridgehead atoms. The van der Waals surface area contributed by atoms with E-state index >= 15 is 0 Å². The molecule has 0 radical (unpaired) electrons. The second-order valence-electron chi connectivity index (χ2n) is 5.44. The van der Waals surface area contributed by atoms with Crippen LogP contribution in [0.25, 0.3) is 0 Å². The topological polar surface area (TPSA) is 32.5 Å². The van der Waals surface area contributed by atoms with E-state index < -0.39 is 0 Å². The van der Waals surface area contributed by atoms with Crippen LogP contribution in [0.15, 0.2) is 0 Å². The number of nitrogens with two attached hydrogens (primary N) is 1. The molecule has 2 N–H and O–H groups in total. The SMILES string of the molecule is CCN(C(C)CN(C)C)C1(CN)CCSCC1. The summed E-state index contributed by atoms with van der Waals surface area (Å²) < 4.78 is 0. The Morgan fingerprint density at radius 3 is 2.29 bits per heavy atom. The molecule has 1 atom stereocenters. The van der Waals surface area contributed by atoms with Gasteiger partial charge in [0.15, 0.2) is 0 Å². The van der Waals surface area contributed by atoms with Gasteiger partial charge in [0.1, 0.15) is 0 Å². The van der Waals surface area contributed by atoms with Crippen LogP contribution in [0.1, 0.15) is 26.7 Å². The van der Waals surface area contributed by atoms with Crippen molar-refractivity contribution in [1.82, 2.24) is 9.80 Å². The largest absolute Gasteiger partial charge is 0.329 e. The molecule has 1 heterocycles. The molecule has 1 saturated heterocycles. The predicted octanol–water partition coefficient (Wildman–Crippen LogP) is 1.48. The lowest BCUT2D eigenvalue weighted by molar-refractivity contribution is 0.0416. The molecule has 0 spiro atoms. The van der Waals surface area contributed by atoms with Gasteiger partial charge in [0, 0.05) is 24.7 Å². The third-order valence-electron chi connectivity index (χ3n) is 3.91. The van der Waals surface area contributed by atoms with Crippen molar-refractivity contribution in [3.8, 4) is 0 Å². The van der Waals surface area contributed by atoms with Crippen LogP contribution in [0.2, 0.25) is 0 Å². The zero-order chi connectivity index (χ0) is 12.9. The first-order valence-electron chi connectivity index (χ1n) is 6.75. The summed E-state index contributed by atoms with van der Waals surface area (Å²) in [5.74, 6) is 2.53. The summed E-state index contributed by atoms with van der Waals surface area (Å²) in [4.78, 5) is 4.92. The molecule has 17 heavy (non-hydrogen) atoms. The molecule has 102 valence electrons. The molecule has 0 aromatic rings. The average Bonchev–Trinajstić information content (AvgIpc) is 2.30. The Morgan fingerprint density at radius 2 is 1.88 bits per heavy atom. The number of hydrogen-bond acceptors (Lipinski definition) is 4. The lowest BCUT2D eigenvalue weighted by Crippen LogP contribution is -2.60. The Kier molecular flexibility index (Phi) is 6.27. The molecule has 1 aliphatic heterocycles. The van der Waals surface area contributed by atoms with Crippen molar-refractivity contribution in [2.75, 3.05) is 45.2 Å². The van der Waals surface area contributed by atoms with E-state index in [2.05, 4.69) is 49.5 Å². The van der Waals surface area contributed by atoms with Gasteiger partial charge in [-0.2, -0.15) is 11.8 Å². The Balaban J connectivity index is 2.74. The fraction of sp³-hybridized carbons (Fsp3) is 1.00. The summed E-state index contributed by atoms with van der Waals surface area (Å²) in [5, 5.41) is 0. The minimum Gasteiger partial charge on any atom is -0.329 e. The molecule has 1 unspecified atom stereocenters. The normalized spacial score (nSPS) is 22.1. The average molecular weight is 259 g/mol. The van der Waals surface area contributed by atoms with Crippen LogP contribution in [0.4, 0.5) is 0 Å². The van der Waals surface area contributed by atoms with E-state index in [9.17, 15) is 0 Å². The van der Waals surface area contributed by atoms with Gasteiger partial charge >= 0.3 is 0 Å². The van der Waals surface area contributed by atoms with Crippen LogP contribution in [-0.4, -0.2) is 66.6 Å². The first-order valence-corrected chi connectivity index (χ1v) is 7.90. The van der Waals surface area contributed by atoms with E-state index in [1.54, 1.807) is 0 Å². The lowest BCUT2D eigenvalue weighted by atomic mass is 9.88. The molecule has 0 amide bonds. The third-order valence-corrected chi connectivity index (χ3v) is 4.90. The maximum absolute atomic E-state index is 6.12. The number of thioether (sulfide) groups is 1. The molecule has 0 aromatic carbocycles. The fourth-order valence-corrected chi connectivity index (χ4v) is 4.35. The summed E-state index contributed by atoms with van der Waals surface area (Å²) >= 11 is 2.07. The number of hydrogen-bond donors (Lipinski definition) is 1. The Morgan fingerprint density at radius 1 is 1.29 bits per heavy atom. The Labute approximate surface area is 111 Å². The summed E-state index contributed by atoms with van der Waals surface area (Å²) in [6.45, 7) is 7.63. The number of rotatable bonds is 6. The van der Waals surface area contributed by atoms with Gasteiger partial charge in [0.25, 0.3) is 0 Å². The molecule has 1 fully saturated rings. The van der Waals surface area contributed by atoms with Crippen LogP contribution in [0.5, 0.6) is 0 Å². The summed E-state index contributed by atoms with van der Waals surface area (Å²) in [6, 6.07) is 0.585. The highest BCUT2D eigenvalue weighted by Crippen LogP contribution is 2.33. The third kappa shape index (κ3) is 3.85. The first kappa shape index (κ1) is 15.3. The highest BCUT2D eigenvalue weighted by atomic mass is 32.2. The van der Waals surface area contributed by atoms with Gasteiger partial charge in [-0.1, -0.05) is 6.92 Å². The molecule has 1 rings (SSSR count). The van der Waals surface area contributed by atoms with E-state index in [1.807, 2.05) is 0 Å². The second-order valence-corrected chi connectivity index (χ2v) is 6.66. The van der Waals surface area contributed by atoms with Crippen molar-refractivity contribution in [3.63, 3.8) is 0 Å². The number of likely N-dealkylation sites (N-methyl/N-ethyl adjacent to an activating group) is 2. The molecule has 3 nitrogen and oxygen atoms in total. The Bertz CT molecular complexity index is 215. The summed E-state index contributed by atoms with van der Waals surface area (Å²) in [5.41, 5.74) is 6.38. The number of nitrogens with zero attached hydrogens (tertiary/aromatic N) is 2. The van der Waals surface area contributed by atoms with Crippen LogP contribution >= 0.6 is 11.8 Å².